The summed E-state index contributed by atoms with van der Waals surface area (Å²) in [5.41, 5.74) is -1.31. The Morgan fingerprint density at radius 1 is 1.13 bits per heavy atom. The van der Waals surface area contributed by atoms with Gasteiger partial charge in [0.25, 0.3) is 11.4 Å². The Bertz CT molecular complexity index is 661. The fraction of sp³-hybridized carbons (Fsp3) is 0.400. The van der Waals surface area contributed by atoms with Crippen molar-refractivity contribution < 1.29 is 19.4 Å². The minimum absolute atomic E-state index is 0.207. The smallest absolute Gasteiger partial charge is 0.338 e. The van der Waals surface area contributed by atoms with Gasteiger partial charge in [0.1, 0.15) is 6.10 Å². The van der Waals surface area contributed by atoms with E-state index in [1.165, 1.54) is 0 Å². The molecule has 0 amide bonds. The molecule has 8 heteroatoms. The van der Waals surface area contributed by atoms with Gasteiger partial charge in [0.05, 0.1) is 27.4 Å². The number of esters is 1. The average molecular weight is 318 g/mol. The predicted molar refractivity (Wildman–Crippen MR) is 79.7 cm³/mol. The number of non-ortho nitro benzene ring substituents is 2. The molecule has 23 heavy (non-hydrogen) atoms. The highest BCUT2D eigenvalue weighted by Crippen LogP contribution is 2.28. The number of nitro groups is 2. The second-order valence-electron chi connectivity index (χ2n) is 5.25. The Morgan fingerprint density at radius 3 is 2.22 bits per heavy atom. The molecule has 0 bridgehead atoms. The second-order valence-corrected chi connectivity index (χ2v) is 5.25. The van der Waals surface area contributed by atoms with Crippen LogP contribution in [0.25, 0.3) is 0 Å². The Balaban J connectivity index is 2.26. The van der Waals surface area contributed by atoms with Gasteiger partial charge in [0, 0.05) is 12.1 Å². The van der Waals surface area contributed by atoms with E-state index in [0.717, 1.165) is 37.5 Å². The molecule has 2 rings (SSSR count). The van der Waals surface area contributed by atoms with Gasteiger partial charge in [0.2, 0.25) is 0 Å². The van der Waals surface area contributed by atoms with Gasteiger partial charge in [-0.2, -0.15) is 0 Å². The van der Waals surface area contributed by atoms with Crippen molar-refractivity contribution in [2.24, 2.45) is 5.92 Å². The first-order chi connectivity index (χ1) is 10.9. The molecule has 0 heterocycles. The molecule has 0 spiro atoms. The molecule has 1 fully saturated rings. The second kappa shape index (κ2) is 6.87. The molecular weight excluding hydrogens is 304 g/mol. The maximum atomic E-state index is 12.2. The van der Waals surface area contributed by atoms with E-state index >= 15 is 0 Å². The predicted octanol–water partition coefficient (Wildman–Crippen LogP) is 2.85. The van der Waals surface area contributed by atoms with Crippen LogP contribution >= 0.6 is 0 Å². The number of hydrogen-bond donors (Lipinski definition) is 0. The lowest BCUT2D eigenvalue weighted by molar-refractivity contribution is -0.394. The normalized spacial score (nSPS) is 20.3. The molecule has 0 radical (unpaired) electrons. The van der Waals surface area contributed by atoms with Crippen LogP contribution in [0, 0.1) is 38.5 Å². The zero-order chi connectivity index (χ0) is 17.0. The molecule has 1 saturated carbocycles. The molecule has 2 atom stereocenters. The van der Waals surface area contributed by atoms with E-state index < -0.39 is 33.3 Å². The monoisotopic (exact) mass is 318 g/mol. The molecule has 0 aliphatic heterocycles. The minimum atomic E-state index is -0.844. The lowest BCUT2D eigenvalue weighted by atomic mass is 9.87. The molecular formula is C15H14N2O6. The SMILES string of the molecule is C#C[C@@H]1CCCC[C@@H]1OC(=O)c1cc([N+](=O)[O-])cc([N+](=O)[O-])c1. The van der Waals surface area contributed by atoms with Crippen molar-refractivity contribution >= 4 is 17.3 Å². The van der Waals surface area contributed by atoms with E-state index in [-0.39, 0.29) is 11.5 Å². The van der Waals surface area contributed by atoms with E-state index in [1.807, 2.05) is 0 Å². The molecule has 0 saturated heterocycles. The van der Waals surface area contributed by atoms with E-state index in [9.17, 15) is 25.0 Å². The zero-order valence-corrected chi connectivity index (χ0v) is 12.1. The summed E-state index contributed by atoms with van der Waals surface area (Å²) < 4.78 is 5.32. The zero-order valence-electron chi connectivity index (χ0n) is 12.1. The summed E-state index contributed by atoms with van der Waals surface area (Å²) in [6.07, 6.45) is 8.11. The van der Waals surface area contributed by atoms with Gasteiger partial charge in [-0.05, 0) is 19.3 Å². The van der Waals surface area contributed by atoms with Crippen LogP contribution in [0.4, 0.5) is 11.4 Å². The number of rotatable bonds is 4. The van der Waals surface area contributed by atoms with Crippen molar-refractivity contribution in [2.75, 3.05) is 0 Å². The summed E-state index contributed by atoms with van der Waals surface area (Å²) in [5, 5.41) is 21.7. The topological polar surface area (TPSA) is 113 Å². The number of nitrogens with zero attached hydrogens (tertiary/aromatic N) is 2. The standard InChI is InChI=1S/C15H14N2O6/c1-2-10-5-3-4-6-14(10)23-15(18)11-7-12(16(19)20)9-13(8-11)17(21)22/h1,7-10,14H,3-6H2/t10-,14+/m1/s1. The van der Waals surface area contributed by atoms with Crippen molar-refractivity contribution in [2.45, 2.75) is 31.8 Å². The third-order valence-electron chi connectivity index (χ3n) is 3.73. The van der Waals surface area contributed by atoms with Crippen molar-refractivity contribution in [3.05, 3.63) is 44.0 Å². The van der Waals surface area contributed by atoms with Gasteiger partial charge in [-0.1, -0.05) is 12.3 Å². The number of ether oxygens (including phenoxy) is 1. The van der Waals surface area contributed by atoms with Crippen molar-refractivity contribution in [3.63, 3.8) is 0 Å². The van der Waals surface area contributed by atoms with Crippen LogP contribution in [-0.2, 0) is 4.74 Å². The van der Waals surface area contributed by atoms with E-state index in [2.05, 4.69) is 5.92 Å². The fourth-order valence-electron chi connectivity index (χ4n) is 2.56. The lowest BCUT2D eigenvalue weighted by Crippen LogP contribution is -2.29. The number of nitro benzene ring substituents is 2. The number of terminal acetylenes is 1. The van der Waals surface area contributed by atoms with Gasteiger partial charge in [-0.15, -0.1) is 6.42 Å². The summed E-state index contributed by atoms with van der Waals surface area (Å²) in [6, 6.07) is 2.72. The molecule has 0 unspecified atom stereocenters. The van der Waals surface area contributed by atoms with Gasteiger partial charge >= 0.3 is 5.97 Å². The fourth-order valence-corrected chi connectivity index (χ4v) is 2.56. The van der Waals surface area contributed by atoms with Gasteiger partial charge in [0.15, 0.2) is 0 Å². The lowest BCUT2D eigenvalue weighted by Gasteiger charge is -2.27. The van der Waals surface area contributed by atoms with Crippen molar-refractivity contribution in [1.29, 1.82) is 0 Å². The molecule has 120 valence electrons. The molecule has 1 aliphatic carbocycles. The summed E-state index contributed by atoms with van der Waals surface area (Å²) >= 11 is 0. The van der Waals surface area contributed by atoms with Crippen LogP contribution in [0.1, 0.15) is 36.0 Å². The first-order valence-corrected chi connectivity index (χ1v) is 7.03. The third-order valence-corrected chi connectivity index (χ3v) is 3.73. The van der Waals surface area contributed by atoms with Crippen molar-refractivity contribution in [3.8, 4) is 12.3 Å². The quantitative estimate of drug-likeness (QED) is 0.365. The van der Waals surface area contributed by atoms with Crippen LogP contribution in [-0.4, -0.2) is 21.9 Å². The maximum Gasteiger partial charge on any atom is 0.338 e. The van der Waals surface area contributed by atoms with E-state index in [0.29, 0.717) is 6.42 Å². The maximum absolute atomic E-state index is 12.2. The molecule has 0 N–H and O–H groups in total. The first-order valence-electron chi connectivity index (χ1n) is 7.03. The first kappa shape index (κ1) is 16.4. The highest BCUT2D eigenvalue weighted by molar-refractivity contribution is 5.91. The molecule has 1 aromatic rings. The Hall–Kier alpha value is -2.95. The molecule has 1 aromatic carbocycles. The van der Waals surface area contributed by atoms with Crippen LogP contribution in [0.15, 0.2) is 18.2 Å². The van der Waals surface area contributed by atoms with Gasteiger partial charge in [-0.3, -0.25) is 20.2 Å². The van der Waals surface area contributed by atoms with Gasteiger partial charge < -0.3 is 4.74 Å². The van der Waals surface area contributed by atoms with Crippen LogP contribution < -0.4 is 0 Å². The van der Waals surface area contributed by atoms with E-state index in [4.69, 9.17) is 11.2 Å². The number of benzene rings is 1. The molecule has 8 nitrogen and oxygen atoms in total. The largest absolute Gasteiger partial charge is 0.457 e. The third kappa shape index (κ3) is 3.83. The minimum Gasteiger partial charge on any atom is -0.457 e. The summed E-state index contributed by atoms with van der Waals surface area (Å²) in [4.78, 5) is 32.3. The molecule has 1 aliphatic rings. The average Bonchev–Trinajstić information content (AvgIpc) is 2.54. The number of carbonyl (C=O) groups is 1. The number of hydrogen-bond acceptors (Lipinski definition) is 6. The Kier molecular flexibility index (Phi) is 4.91. The number of carbonyl (C=O) groups excluding carboxylic acids is 1. The Labute approximate surface area is 131 Å². The van der Waals surface area contributed by atoms with Crippen LogP contribution in [0.3, 0.4) is 0 Å². The summed E-state index contributed by atoms with van der Waals surface area (Å²) in [6.45, 7) is 0. The highest BCUT2D eigenvalue weighted by Gasteiger charge is 2.28. The van der Waals surface area contributed by atoms with Crippen LogP contribution in [0.5, 0.6) is 0 Å². The molecule has 0 aromatic heterocycles. The van der Waals surface area contributed by atoms with Gasteiger partial charge in [-0.25, -0.2) is 4.79 Å². The highest BCUT2D eigenvalue weighted by atomic mass is 16.6. The van der Waals surface area contributed by atoms with Crippen LogP contribution in [0.2, 0.25) is 0 Å². The van der Waals surface area contributed by atoms with Crippen molar-refractivity contribution in [1.82, 2.24) is 0 Å². The summed E-state index contributed by atoms with van der Waals surface area (Å²) in [7, 11) is 0. The van der Waals surface area contributed by atoms with E-state index in [1.54, 1.807) is 0 Å². The Morgan fingerprint density at radius 2 is 1.70 bits per heavy atom. The summed E-state index contributed by atoms with van der Waals surface area (Å²) in [5.74, 6) is 1.53.